The Labute approximate surface area is 218 Å². The van der Waals surface area contributed by atoms with Crippen LogP contribution < -0.4 is 19.6 Å². The standard InChI is InChI=1S/C23H19ClI2N2O4/c1-30-17-7-8-18(21(11-17)31-2)23(29)28-27-12-15-9-19(25)22(20(26)10-15)32-13-14-3-5-16(24)6-4-14/h3-12H,13H2,1-2H3,(H,28,29)/b27-12-. The Balaban J connectivity index is 1.66. The largest absolute Gasteiger partial charge is 0.497 e. The predicted octanol–water partition coefficient (Wildman–Crippen LogP) is 5.91. The maximum atomic E-state index is 12.5. The number of halogens is 3. The first-order valence-electron chi connectivity index (χ1n) is 9.33. The maximum absolute atomic E-state index is 12.5. The number of hydrazone groups is 1. The molecule has 0 heterocycles. The lowest BCUT2D eigenvalue weighted by molar-refractivity contribution is 0.0952. The average molecular weight is 677 g/mol. The molecule has 0 aliphatic heterocycles. The van der Waals surface area contributed by atoms with Crippen LogP contribution in [0.25, 0.3) is 0 Å². The molecule has 0 unspecified atom stereocenters. The fourth-order valence-electron chi connectivity index (χ4n) is 2.74. The highest BCUT2D eigenvalue weighted by Crippen LogP contribution is 2.29. The summed E-state index contributed by atoms with van der Waals surface area (Å²) in [5.41, 5.74) is 4.75. The molecule has 1 N–H and O–H groups in total. The lowest BCUT2D eigenvalue weighted by Gasteiger charge is -2.11. The van der Waals surface area contributed by atoms with Gasteiger partial charge >= 0.3 is 0 Å². The van der Waals surface area contributed by atoms with Crippen LogP contribution >= 0.6 is 56.8 Å². The highest BCUT2D eigenvalue weighted by molar-refractivity contribution is 14.1. The first-order valence-corrected chi connectivity index (χ1v) is 11.9. The smallest absolute Gasteiger partial charge is 0.275 e. The zero-order valence-corrected chi connectivity index (χ0v) is 22.3. The Bertz CT molecular complexity index is 1110. The topological polar surface area (TPSA) is 69.2 Å². The molecule has 166 valence electrons. The van der Waals surface area contributed by atoms with Crippen LogP contribution in [-0.4, -0.2) is 26.3 Å². The van der Waals surface area contributed by atoms with Gasteiger partial charge in [-0.25, -0.2) is 5.43 Å². The number of nitrogens with zero attached hydrogens (tertiary/aromatic N) is 1. The van der Waals surface area contributed by atoms with Gasteiger partial charge in [0.2, 0.25) is 0 Å². The number of nitrogens with one attached hydrogen (secondary N) is 1. The summed E-state index contributed by atoms with van der Waals surface area (Å²) < 4.78 is 18.3. The summed E-state index contributed by atoms with van der Waals surface area (Å²) in [5.74, 6) is 1.42. The number of carbonyl (C=O) groups is 1. The second-order valence-electron chi connectivity index (χ2n) is 6.49. The molecule has 0 saturated heterocycles. The predicted molar refractivity (Wildman–Crippen MR) is 142 cm³/mol. The van der Waals surface area contributed by atoms with Gasteiger partial charge in [0, 0.05) is 11.1 Å². The quantitative estimate of drug-likeness (QED) is 0.183. The third kappa shape index (κ3) is 6.48. The van der Waals surface area contributed by atoms with Crippen LogP contribution in [0.4, 0.5) is 0 Å². The normalized spacial score (nSPS) is 10.8. The molecule has 0 aromatic heterocycles. The zero-order chi connectivity index (χ0) is 23.1. The van der Waals surface area contributed by atoms with Gasteiger partial charge in [-0.2, -0.15) is 5.10 Å². The van der Waals surface area contributed by atoms with Crippen LogP contribution in [0.5, 0.6) is 17.2 Å². The van der Waals surface area contributed by atoms with Gasteiger partial charge < -0.3 is 14.2 Å². The minimum Gasteiger partial charge on any atom is -0.497 e. The highest BCUT2D eigenvalue weighted by atomic mass is 127. The van der Waals surface area contributed by atoms with E-state index < -0.39 is 0 Å². The van der Waals surface area contributed by atoms with Gasteiger partial charge in [-0.15, -0.1) is 0 Å². The van der Waals surface area contributed by atoms with E-state index in [1.165, 1.54) is 7.11 Å². The molecule has 0 radical (unpaired) electrons. The summed E-state index contributed by atoms with van der Waals surface area (Å²) in [5, 5.41) is 4.77. The maximum Gasteiger partial charge on any atom is 0.275 e. The molecule has 0 spiro atoms. The monoisotopic (exact) mass is 676 g/mol. The van der Waals surface area contributed by atoms with Crippen LogP contribution in [0.15, 0.2) is 59.7 Å². The van der Waals surface area contributed by atoms with Crippen molar-refractivity contribution < 1.29 is 19.0 Å². The Morgan fingerprint density at radius 3 is 2.34 bits per heavy atom. The lowest BCUT2D eigenvalue weighted by Crippen LogP contribution is -2.18. The lowest BCUT2D eigenvalue weighted by atomic mass is 10.2. The van der Waals surface area contributed by atoms with Crippen molar-refractivity contribution in [2.45, 2.75) is 6.61 Å². The van der Waals surface area contributed by atoms with Crippen molar-refractivity contribution in [3.63, 3.8) is 0 Å². The molecule has 0 aliphatic rings. The fraction of sp³-hybridized carbons (Fsp3) is 0.130. The van der Waals surface area contributed by atoms with E-state index in [2.05, 4.69) is 55.7 Å². The van der Waals surface area contributed by atoms with Gasteiger partial charge in [-0.3, -0.25) is 4.79 Å². The van der Waals surface area contributed by atoms with Crippen molar-refractivity contribution in [1.29, 1.82) is 0 Å². The van der Waals surface area contributed by atoms with E-state index in [0.29, 0.717) is 28.7 Å². The van der Waals surface area contributed by atoms with Crippen LogP contribution in [0.1, 0.15) is 21.5 Å². The van der Waals surface area contributed by atoms with E-state index in [-0.39, 0.29) is 5.91 Å². The highest BCUT2D eigenvalue weighted by Gasteiger charge is 2.13. The van der Waals surface area contributed by atoms with E-state index in [0.717, 1.165) is 24.0 Å². The third-order valence-electron chi connectivity index (χ3n) is 4.35. The molecule has 0 fully saturated rings. The second-order valence-corrected chi connectivity index (χ2v) is 9.25. The Kier molecular flexibility index (Phi) is 9.00. The van der Waals surface area contributed by atoms with Crippen LogP contribution in [0.2, 0.25) is 5.02 Å². The molecule has 32 heavy (non-hydrogen) atoms. The Morgan fingerprint density at radius 1 is 1.03 bits per heavy atom. The summed E-state index contributed by atoms with van der Waals surface area (Å²) >= 11 is 10.4. The number of rotatable bonds is 8. The van der Waals surface area contributed by atoms with Crippen molar-refractivity contribution in [3.05, 3.63) is 83.5 Å². The van der Waals surface area contributed by atoms with E-state index in [1.807, 2.05) is 36.4 Å². The van der Waals surface area contributed by atoms with E-state index in [1.54, 1.807) is 31.5 Å². The van der Waals surface area contributed by atoms with Gasteiger partial charge in [0.25, 0.3) is 5.91 Å². The molecule has 9 heteroatoms. The molecular formula is C23H19ClI2N2O4. The number of methoxy groups -OCH3 is 2. The molecule has 0 saturated carbocycles. The van der Waals surface area contributed by atoms with E-state index >= 15 is 0 Å². The molecule has 0 atom stereocenters. The van der Waals surface area contributed by atoms with Crippen LogP contribution in [0, 0.1) is 7.14 Å². The molecular weight excluding hydrogens is 658 g/mol. The molecule has 6 nitrogen and oxygen atoms in total. The summed E-state index contributed by atoms with van der Waals surface area (Å²) in [6, 6.07) is 16.4. The molecule has 1 amide bonds. The SMILES string of the molecule is COc1ccc(C(=O)N/N=C\c2cc(I)c(OCc3ccc(Cl)cc3)c(I)c2)c(OC)c1. The Hall–Kier alpha value is -2.05. The average Bonchev–Trinajstić information content (AvgIpc) is 2.79. The number of carbonyl (C=O) groups excluding carboxylic acids is 1. The summed E-state index contributed by atoms with van der Waals surface area (Å²) in [6.07, 6.45) is 1.58. The molecule has 3 aromatic carbocycles. The molecule has 0 aliphatic carbocycles. The van der Waals surface area contributed by atoms with E-state index in [4.69, 9.17) is 25.8 Å². The number of hydrogen-bond donors (Lipinski definition) is 1. The van der Waals surface area contributed by atoms with Gasteiger partial charge in [0.1, 0.15) is 23.9 Å². The van der Waals surface area contributed by atoms with Crippen molar-refractivity contribution >= 4 is 68.9 Å². The van der Waals surface area contributed by atoms with Crippen LogP contribution in [0.3, 0.4) is 0 Å². The molecule has 3 aromatic rings. The summed E-state index contributed by atoms with van der Waals surface area (Å²) in [7, 11) is 3.05. The number of hydrogen-bond acceptors (Lipinski definition) is 5. The first kappa shape index (κ1) is 24.6. The van der Waals surface area contributed by atoms with Gasteiger partial charge in [0.05, 0.1) is 33.1 Å². The molecule has 0 bridgehead atoms. The summed E-state index contributed by atoms with van der Waals surface area (Å²) in [6.45, 7) is 0.441. The van der Waals surface area contributed by atoms with Crippen molar-refractivity contribution in [2.24, 2.45) is 5.10 Å². The van der Waals surface area contributed by atoms with Gasteiger partial charge in [-0.05, 0) is 92.7 Å². The van der Waals surface area contributed by atoms with Gasteiger partial charge in [-0.1, -0.05) is 23.7 Å². The van der Waals surface area contributed by atoms with Gasteiger partial charge in [0.15, 0.2) is 0 Å². The number of ether oxygens (including phenoxy) is 3. The van der Waals surface area contributed by atoms with Crippen molar-refractivity contribution in [1.82, 2.24) is 5.43 Å². The fourth-order valence-corrected chi connectivity index (χ4v) is 4.99. The minimum atomic E-state index is -0.381. The minimum absolute atomic E-state index is 0.362. The zero-order valence-electron chi connectivity index (χ0n) is 17.2. The number of amides is 1. The summed E-state index contributed by atoms with van der Waals surface area (Å²) in [4.78, 5) is 12.5. The third-order valence-corrected chi connectivity index (χ3v) is 6.20. The van der Waals surface area contributed by atoms with Crippen molar-refractivity contribution in [3.8, 4) is 17.2 Å². The van der Waals surface area contributed by atoms with Crippen molar-refractivity contribution in [2.75, 3.05) is 14.2 Å². The Morgan fingerprint density at radius 2 is 1.72 bits per heavy atom. The van der Waals surface area contributed by atoms with E-state index in [9.17, 15) is 4.79 Å². The second kappa shape index (κ2) is 11.7. The van der Waals surface area contributed by atoms with Crippen LogP contribution in [-0.2, 0) is 6.61 Å². The first-order chi connectivity index (χ1) is 15.4. The molecule has 3 rings (SSSR count). The number of benzene rings is 3.